The van der Waals surface area contributed by atoms with E-state index in [1.54, 1.807) is 29.2 Å². The van der Waals surface area contributed by atoms with Gasteiger partial charge in [-0.2, -0.15) is 0 Å². The number of piperazine rings is 1. The van der Waals surface area contributed by atoms with Crippen LogP contribution in [0.2, 0.25) is 0 Å². The molecular formula is C17H26N3O2+. The van der Waals surface area contributed by atoms with Crippen LogP contribution in [-0.4, -0.2) is 49.4 Å². The van der Waals surface area contributed by atoms with E-state index < -0.39 is 0 Å². The molecule has 1 saturated heterocycles. The number of carbonyl (C=O) groups is 2. The maximum absolute atomic E-state index is 12.5. The molecule has 0 bridgehead atoms. The molecule has 0 aliphatic carbocycles. The topological polar surface area (TPSA) is 53.9 Å². The summed E-state index contributed by atoms with van der Waals surface area (Å²) in [7, 11) is 0. The van der Waals surface area contributed by atoms with Gasteiger partial charge in [-0.3, -0.25) is 9.59 Å². The van der Waals surface area contributed by atoms with Crippen LogP contribution in [0.5, 0.6) is 0 Å². The lowest BCUT2D eigenvalue weighted by Gasteiger charge is -2.31. The molecule has 2 rings (SSSR count). The fraction of sp³-hybridized carbons (Fsp3) is 0.529. The van der Waals surface area contributed by atoms with Crippen LogP contribution in [0.15, 0.2) is 24.3 Å². The summed E-state index contributed by atoms with van der Waals surface area (Å²) < 4.78 is 0. The van der Waals surface area contributed by atoms with Gasteiger partial charge in [-0.05, 0) is 37.6 Å². The monoisotopic (exact) mass is 304 g/mol. The third kappa shape index (κ3) is 4.31. The van der Waals surface area contributed by atoms with Crippen molar-refractivity contribution < 1.29 is 14.5 Å². The minimum Gasteiger partial charge on any atom is -0.332 e. The van der Waals surface area contributed by atoms with Crippen LogP contribution in [0.3, 0.4) is 0 Å². The van der Waals surface area contributed by atoms with Gasteiger partial charge in [0, 0.05) is 17.7 Å². The Morgan fingerprint density at radius 2 is 1.77 bits per heavy atom. The number of amides is 2. The number of anilines is 1. The molecule has 1 aliphatic rings. The molecule has 120 valence electrons. The maximum atomic E-state index is 12.5. The van der Waals surface area contributed by atoms with Crippen molar-refractivity contribution in [2.24, 2.45) is 0 Å². The van der Waals surface area contributed by atoms with Crippen LogP contribution in [0.25, 0.3) is 0 Å². The van der Waals surface area contributed by atoms with E-state index in [1.807, 2.05) is 11.8 Å². The fourth-order valence-corrected chi connectivity index (χ4v) is 2.71. The molecule has 0 spiro atoms. The number of hydrogen-bond donors (Lipinski definition) is 2. The van der Waals surface area contributed by atoms with Crippen LogP contribution < -0.4 is 10.2 Å². The summed E-state index contributed by atoms with van der Waals surface area (Å²) in [6, 6.07) is 7.19. The number of nitrogens with one attached hydrogen (secondary N) is 2. The second-order valence-corrected chi connectivity index (χ2v) is 5.77. The summed E-state index contributed by atoms with van der Waals surface area (Å²) >= 11 is 0. The summed E-state index contributed by atoms with van der Waals surface area (Å²) in [5.74, 6) is 0.0989. The van der Waals surface area contributed by atoms with Crippen molar-refractivity contribution in [2.45, 2.75) is 26.7 Å². The molecule has 0 aromatic heterocycles. The molecule has 1 aromatic rings. The highest BCUT2D eigenvalue weighted by atomic mass is 16.2. The van der Waals surface area contributed by atoms with E-state index in [0.717, 1.165) is 44.8 Å². The predicted molar refractivity (Wildman–Crippen MR) is 87.1 cm³/mol. The molecule has 5 heteroatoms. The molecule has 1 aliphatic heterocycles. The molecule has 0 saturated carbocycles. The first-order valence-electron chi connectivity index (χ1n) is 8.16. The van der Waals surface area contributed by atoms with Crippen molar-refractivity contribution in [3.05, 3.63) is 29.8 Å². The van der Waals surface area contributed by atoms with E-state index in [1.165, 1.54) is 0 Å². The Balaban J connectivity index is 1.92. The summed E-state index contributed by atoms with van der Waals surface area (Å²) in [6.45, 7) is 8.95. The van der Waals surface area contributed by atoms with Gasteiger partial charge in [0.05, 0.1) is 32.7 Å². The lowest BCUT2D eigenvalue weighted by molar-refractivity contribution is -0.902. The average Bonchev–Trinajstić information content (AvgIpc) is 2.55. The minimum atomic E-state index is 0.0141. The number of benzene rings is 1. The van der Waals surface area contributed by atoms with Gasteiger partial charge in [0.25, 0.3) is 5.91 Å². The van der Waals surface area contributed by atoms with Gasteiger partial charge in [-0.1, -0.05) is 6.92 Å². The lowest BCUT2D eigenvalue weighted by Crippen LogP contribution is -3.14. The number of carbonyl (C=O) groups excluding carboxylic acids is 2. The fourth-order valence-electron chi connectivity index (χ4n) is 2.71. The molecular weight excluding hydrogens is 278 g/mol. The summed E-state index contributed by atoms with van der Waals surface area (Å²) in [5, 5.41) is 2.83. The first-order valence-corrected chi connectivity index (χ1v) is 8.16. The van der Waals surface area contributed by atoms with Crippen LogP contribution >= 0.6 is 0 Å². The van der Waals surface area contributed by atoms with Crippen molar-refractivity contribution in [1.82, 2.24) is 4.90 Å². The van der Waals surface area contributed by atoms with Crippen molar-refractivity contribution in [3.63, 3.8) is 0 Å². The highest BCUT2D eigenvalue weighted by molar-refractivity contribution is 5.95. The molecule has 0 radical (unpaired) electrons. The van der Waals surface area contributed by atoms with E-state index >= 15 is 0 Å². The zero-order chi connectivity index (χ0) is 15.9. The van der Waals surface area contributed by atoms with Crippen LogP contribution in [0.1, 0.15) is 37.0 Å². The number of likely N-dealkylation sites (N-methyl/N-ethyl adjacent to an activating group) is 1. The Morgan fingerprint density at radius 1 is 1.14 bits per heavy atom. The quantitative estimate of drug-likeness (QED) is 0.845. The van der Waals surface area contributed by atoms with Gasteiger partial charge in [-0.25, -0.2) is 0 Å². The molecule has 2 amide bonds. The molecule has 22 heavy (non-hydrogen) atoms. The van der Waals surface area contributed by atoms with Crippen molar-refractivity contribution in [3.8, 4) is 0 Å². The normalized spacial score (nSPS) is 15.6. The van der Waals surface area contributed by atoms with Crippen LogP contribution in [0, 0.1) is 0 Å². The van der Waals surface area contributed by atoms with E-state index in [0.29, 0.717) is 12.0 Å². The Hall–Kier alpha value is -1.88. The second kappa shape index (κ2) is 7.94. The van der Waals surface area contributed by atoms with Gasteiger partial charge in [0.2, 0.25) is 5.91 Å². The Labute approximate surface area is 132 Å². The zero-order valence-corrected chi connectivity index (χ0v) is 13.5. The van der Waals surface area contributed by atoms with Gasteiger partial charge in [-0.15, -0.1) is 0 Å². The number of rotatable bonds is 5. The largest absolute Gasteiger partial charge is 0.332 e. The van der Waals surface area contributed by atoms with Crippen LogP contribution in [0.4, 0.5) is 5.69 Å². The maximum Gasteiger partial charge on any atom is 0.254 e. The summed E-state index contributed by atoms with van der Waals surface area (Å²) in [4.78, 5) is 27.5. The van der Waals surface area contributed by atoms with E-state index in [-0.39, 0.29) is 11.8 Å². The molecule has 2 N–H and O–H groups in total. The molecule has 1 fully saturated rings. The molecule has 5 nitrogen and oxygen atoms in total. The highest BCUT2D eigenvalue weighted by Crippen LogP contribution is 2.12. The van der Waals surface area contributed by atoms with E-state index in [4.69, 9.17) is 0 Å². The number of quaternary nitrogens is 1. The first kappa shape index (κ1) is 16.5. The molecule has 0 atom stereocenters. The van der Waals surface area contributed by atoms with Crippen molar-refractivity contribution >= 4 is 17.5 Å². The predicted octanol–water partition coefficient (Wildman–Crippen LogP) is 0.786. The standard InChI is InChI=1S/C17H25N3O2/c1-3-5-16(21)18-15-8-6-14(7-9-15)17(22)20-12-10-19(4-2)11-13-20/h6-9H,3-5,10-13H2,1-2H3,(H,18,21)/p+1. The van der Waals surface area contributed by atoms with Crippen molar-refractivity contribution in [1.29, 1.82) is 0 Å². The minimum absolute atomic E-state index is 0.0141. The van der Waals surface area contributed by atoms with E-state index in [9.17, 15) is 9.59 Å². The van der Waals surface area contributed by atoms with Gasteiger partial charge < -0.3 is 15.1 Å². The number of hydrogen-bond acceptors (Lipinski definition) is 2. The summed E-state index contributed by atoms with van der Waals surface area (Å²) in [5.41, 5.74) is 1.43. The highest BCUT2D eigenvalue weighted by Gasteiger charge is 2.23. The van der Waals surface area contributed by atoms with Gasteiger partial charge >= 0.3 is 0 Å². The van der Waals surface area contributed by atoms with Crippen molar-refractivity contribution in [2.75, 3.05) is 38.0 Å². The van der Waals surface area contributed by atoms with Gasteiger partial charge in [0.1, 0.15) is 0 Å². The van der Waals surface area contributed by atoms with Gasteiger partial charge in [0.15, 0.2) is 0 Å². The molecule has 1 aromatic carbocycles. The third-order valence-corrected chi connectivity index (χ3v) is 4.15. The smallest absolute Gasteiger partial charge is 0.254 e. The Bertz CT molecular complexity index is 505. The van der Waals surface area contributed by atoms with E-state index in [2.05, 4.69) is 12.2 Å². The zero-order valence-electron chi connectivity index (χ0n) is 13.5. The Kier molecular flexibility index (Phi) is 5.95. The van der Waals surface area contributed by atoms with Crippen LogP contribution in [-0.2, 0) is 4.79 Å². The lowest BCUT2D eigenvalue weighted by atomic mass is 10.1. The average molecular weight is 304 g/mol. The molecule has 1 heterocycles. The second-order valence-electron chi connectivity index (χ2n) is 5.77. The number of nitrogens with zero attached hydrogens (tertiary/aromatic N) is 1. The Morgan fingerprint density at radius 3 is 2.32 bits per heavy atom. The molecule has 0 unspecified atom stereocenters. The SMILES string of the molecule is CCCC(=O)Nc1ccc(C(=O)N2CC[NH+](CC)CC2)cc1. The third-order valence-electron chi connectivity index (χ3n) is 4.15. The first-order chi connectivity index (χ1) is 10.6. The summed E-state index contributed by atoms with van der Waals surface area (Å²) in [6.07, 6.45) is 1.35.